The summed E-state index contributed by atoms with van der Waals surface area (Å²) >= 11 is 0. The quantitative estimate of drug-likeness (QED) is 0.763. The number of anilines is 1. The van der Waals surface area contributed by atoms with E-state index in [1.807, 2.05) is 24.3 Å². The van der Waals surface area contributed by atoms with Crippen LogP contribution in [0.3, 0.4) is 0 Å². The van der Waals surface area contributed by atoms with Gasteiger partial charge >= 0.3 is 0 Å². The van der Waals surface area contributed by atoms with Gasteiger partial charge in [0.25, 0.3) is 0 Å². The van der Waals surface area contributed by atoms with E-state index in [2.05, 4.69) is 29.4 Å². The van der Waals surface area contributed by atoms with Crippen LogP contribution in [0.2, 0.25) is 0 Å². The molecule has 6 heteroatoms. The Morgan fingerprint density at radius 1 is 1.30 bits per heavy atom. The number of carbonyl (C=O) groups is 1. The van der Waals surface area contributed by atoms with Crippen LogP contribution in [0.1, 0.15) is 26.7 Å². The molecular formula is C17H28ClN3O2. The van der Waals surface area contributed by atoms with Gasteiger partial charge in [-0.3, -0.25) is 4.79 Å². The molecule has 0 aromatic heterocycles. The number of nitrogens with zero attached hydrogens (tertiary/aromatic N) is 1. The number of likely N-dealkylation sites (N-methyl/N-ethyl adjacent to an activating group) is 1. The van der Waals surface area contributed by atoms with Gasteiger partial charge in [0.1, 0.15) is 12.4 Å². The maximum Gasteiger partial charge on any atom is 0.241 e. The minimum atomic E-state index is -0.0509. The van der Waals surface area contributed by atoms with Gasteiger partial charge in [-0.15, -0.1) is 12.4 Å². The first-order valence-electron chi connectivity index (χ1n) is 8.22. The van der Waals surface area contributed by atoms with Crippen LogP contribution >= 0.6 is 12.4 Å². The number of amides is 1. The van der Waals surface area contributed by atoms with Crippen LogP contribution in [-0.2, 0) is 4.79 Å². The van der Waals surface area contributed by atoms with E-state index in [1.165, 1.54) is 0 Å². The van der Waals surface area contributed by atoms with Crippen LogP contribution in [0.5, 0.6) is 5.75 Å². The van der Waals surface area contributed by atoms with Crippen molar-refractivity contribution in [2.75, 3.05) is 38.1 Å². The summed E-state index contributed by atoms with van der Waals surface area (Å²) in [7, 11) is 0. The van der Waals surface area contributed by atoms with Gasteiger partial charge in [0, 0.05) is 12.2 Å². The van der Waals surface area contributed by atoms with Gasteiger partial charge in [-0.25, -0.2) is 0 Å². The highest BCUT2D eigenvalue weighted by Gasteiger charge is 2.21. The molecule has 2 rings (SSSR count). The van der Waals surface area contributed by atoms with Gasteiger partial charge in [0.2, 0.25) is 5.91 Å². The molecule has 1 amide bonds. The van der Waals surface area contributed by atoms with Crippen LogP contribution in [0.25, 0.3) is 0 Å². The summed E-state index contributed by atoms with van der Waals surface area (Å²) in [5, 5.41) is 6.13. The number of nitrogens with one attached hydrogen (secondary N) is 2. The molecule has 2 N–H and O–H groups in total. The molecule has 1 heterocycles. The zero-order valence-corrected chi connectivity index (χ0v) is 14.8. The lowest BCUT2D eigenvalue weighted by atomic mass is 10.2. The monoisotopic (exact) mass is 341 g/mol. The van der Waals surface area contributed by atoms with Crippen LogP contribution in [-0.4, -0.2) is 49.6 Å². The first kappa shape index (κ1) is 19.7. The van der Waals surface area contributed by atoms with Crippen LogP contribution in [0.4, 0.5) is 5.69 Å². The summed E-state index contributed by atoms with van der Waals surface area (Å²) in [5.41, 5.74) is 0.815. The molecule has 1 fully saturated rings. The molecule has 1 aromatic rings. The first-order chi connectivity index (χ1) is 10.7. The second-order valence-electron chi connectivity index (χ2n) is 5.54. The van der Waals surface area contributed by atoms with E-state index in [-0.39, 0.29) is 24.4 Å². The normalized spacial score (nSPS) is 16.9. The molecule has 1 atom stereocenters. The van der Waals surface area contributed by atoms with Crippen LogP contribution in [0, 0.1) is 0 Å². The zero-order valence-electron chi connectivity index (χ0n) is 14.0. The Morgan fingerprint density at radius 3 is 2.57 bits per heavy atom. The fourth-order valence-corrected chi connectivity index (χ4v) is 2.60. The van der Waals surface area contributed by atoms with Crippen LogP contribution < -0.4 is 15.4 Å². The number of rotatable bonds is 8. The third-order valence-corrected chi connectivity index (χ3v) is 4.07. The van der Waals surface area contributed by atoms with Crippen molar-refractivity contribution < 1.29 is 9.53 Å². The first-order valence-corrected chi connectivity index (χ1v) is 8.22. The topological polar surface area (TPSA) is 53.6 Å². The van der Waals surface area contributed by atoms with Gasteiger partial charge in [-0.2, -0.15) is 0 Å². The summed E-state index contributed by atoms with van der Waals surface area (Å²) in [5.74, 6) is 0.886. The Balaban J connectivity index is 0.00000264. The summed E-state index contributed by atoms with van der Waals surface area (Å²) < 4.78 is 5.73. The average Bonchev–Trinajstić information content (AvgIpc) is 3.08. The predicted molar refractivity (Wildman–Crippen MR) is 96.6 cm³/mol. The summed E-state index contributed by atoms with van der Waals surface area (Å²) in [6, 6.07) is 7.53. The molecule has 1 aliphatic heterocycles. The lowest BCUT2D eigenvalue weighted by Gasteiger charge is -2.18. The highest BCUT2D eigenvalue weighted by molar-refractivity contribution is 5.95. The molecule has 0 spiro atoms. The minimum absolute atomic E-state index is 0. The smallest absolute Gasteiger partial charge is 0.241 e. The highest BCUT2D eigenvalue weighted by Crippen LogP contribution is 2.17. The lowest BCUT2D eigenvalue weighted by Crippen LogP contribution is -2.35. The van der Waals surface area contributed by atoms with Crippen molar-refractivity contribution in [3.8, 4) is 5.75 Å². The molecule has 23 heavy (non-hydrogen) atoms. The molecule has 0 saturated carbocycles. The molecule has 0 radical (unpaired) electrons. The van der Waals surface area contributed by atoms with E-state index in [4.69, 9.17) is 4.74 Å². The molecule has 1 unspecified atom stereocenters. The van der Waals surface area contributed by atoms with E-state index < -0.39 is 0 Å². The van der Waals surface area contributed by atoms with Gasteiger partial charge in [-0.1, -0.05) is 13.8 Å². The SMILES string of the molecule is CCN(CC)CCOc1ccc(NC(=O)C2CCCN2)cc1.Cl. The van der Waals surface area contributed by atoms with Crippen molar-refractivity contribution in [2.45, 2.75) is 32.7 Å². The third kappa shape index (κ3) is 6.37. The minimum Gasteiger partial charge on any atom is -0.492 e. The molecule has 5 nitrogen and oxygen atoms in total. The Hall–Kier alpha value is -1.30. The van der Waals surface area contributed by atoms with Crippen LogP contribution in [0.15, 0.2) is 24.3 Å². The molecule has 0 bridgehead atoms. The van der Waals surface area contributed by atoms with Gasteiger partial charge in [0.15, 0.2) is 0 Å². The molecule has 1 aromatic carbocycles. The van der Waals surface area contributed by atoms with Crippen molar-refractivity contribution >= 4 is 24.0 Å². The predicted octanol–water partition coefficient (Wildman–Crippen LogP) is 2.52. The van der Waals surface area contributed by atoms with Gasteiger partial charge in [0.05, 0.1) is 6.04 Å². The largest absolute Gasteiger partial charge is 0.492 e. The van der Waals surface area contributed by atoms with Gasteiger partial charge in [-0.05, 0) is 56.7 Å². The average molecular weight is 342 g/mol. The number of hydrogen-bond acceptors (Lipinski definition) is 4. The number of halogens is 1. The molecule has 0 aliphatic carbocycles. The maximum atomic E-state index is 12.0. The Morgan fingerprint density at radius 2 is 2.00 bits per heavy atom. The highest BCUT2D eigenvalue weighted by atomic mass is 35.5. The van der Waals surface area contributed by atoms with E-state index >= 15 is 0 Å². The Kier molecular flexibility index (Phi) is 8.99. The molecule has 1 aliphatic rings. The Bertz CT molecular complexity index is 457. The van der Waals surface area contributed by atoms with Gasteiger partial charge < -0.3 is 20.3 Å². The molecule has 130 valence electrons. The van der Waals surface area contributed by atoms with Crippen molar-refractivity contribution in [1.29, 1.82) is 0 Å². The summed E-state index contributed by atoms with van der Waals surface area (Å²) in [6.45, 7) is 8.93. The third-order valence-electron chi connectivity index (χ3n) is 4.07. The fourth-order valence-electron chi connectivity index (χ4n) is 2.60. The summed E-state index contributed by atoms with van der Waals surface area (Å²) in [4.78, 5) is 14.3. The summed E-state index contributed by atoms with van der Waals surface area (Å²) in [6.07, 6.45) is 1.98. The van der Waals surface area contributed by atoms with Crippen molar-refractivity contribution in [3.63, 3.8) is 0 Å². The fraction of sp³-hybridized carbons (Fsp3) is 0.588. The number of benzene rings is 1. The van der Waals surface area contributed by atoms with E-state index in [0.717, 1.165) is 50.5 Å². The second kappa shape index (κ2) is 10.5. The maximum absolute atomic E-state index is 12.0. The number of carbonyl (C=O) groups excluding carboxylic acids is 1. The standard InChI is InChI=1S/C17H27N3O2.ClH/c1-3-20(4-2)12-13-22-15-9-7-14(8-10-15)19-17(21)16-6-5-11-18-16;/h7-10,16,18H,3-6,11-13H2,1-2H3,(H,19,21);1H. The van der Waals surface area contributed by atoms with Crippen molar-refractivity contribution in [2.24, 2.45) is 0 Å². The molecular weight excluding hydrogens is 314 g/mol. The van der Waals surface area contributed by atoms with E-state index in [9.17, 15) is 4.79 Å². The zero-order chi connectivity index (χ0) is 15.8. The molecule has 1 saturated heterocycles. The van der Waals surface area contributed by atoms with E-state index in [1.54, 1.807) is 0 Å². The lowest BCUT2D eigenvalue weighted by molar-refractivity contribution is -0.117. The second-order valence-corrected chi connectivity index (χ2v) is 5.54. The van der Waals surface area contributed by atoms with Crippen molar-refractivity contribution in [3.05, 3.63) is 24.3 Å². The van der Waals surface area contributed by atoms with Crippen molar-refractivity contribution in [1.82, 2.24) is 10.2 Å². The number of ether oxygens (including phenoxy) is 1. The number of hydrogen-bond donors (Lipinski definition) is 2. The van der Waals surface area contributed by atoms with E-state index in [0.29, 0.717) is 6.61 Å². The Labute approximate surface area is 145 Å².